The molecule has 0 aliphatic rings. The van der Waals surface area contributed by atoms with Gasteiger partial charge in [-0.15, -0.1) is 0 Å². The molecule has 4 heteroatoms. The third-order valence-corrected chi connectivity index (χ3v) is 2.65. The van der Waals surface area contributed by atoms with Crippen molar-refractivity contribution >= 4 is 0 Å². The number of nitrogens with one attached hydrogen (secondary N) is 1. The predicted octanol–water partition coefficient (Wildman–Crippen LogP) is 1.31. The number of hydrogen-bond acceptors (Lipinski definition) is 4. The molecular formula is C14H23NO3. The number of aliphatic hydroxyl groups excluding tert-OH is 2. The van der Waals surface area contributed by atoms with E-state index in [2.05, 4.69) is 5.32 Å². The van der Waals surface area contributed by atoms with Gasteiger partial charge in [-0.2, -0.15) is 0 Å². The number of benzene rings is 1. The number of hydrogen-bond donors (Lipinski definition) is 3. The van der Waals surface area contributed by atoms with Crippen LogP contribution >= 0.6 is 0 Å². The van der Waals surface area contributed by atoms with Crippen LogP contribution in [0.4, 0.5) is 0 Å². The molecule has 1 aromatic rings. The lowest BCUT2D eigenvalue weighted by Crippen LogP contribution is -2.53. The summed E-state index contributed by atoms with van der Waals surface area (Å²) in [5.74, 6) is 0.734. The Bertz CT molecular complexity index is 351. The van der Waals surface area contributed by atoms with Gasteiger partial charge < -0.3 is 20.3 Å². The van der Waals surface area contributed by atoms with E-state index in [9.17, 15) is 5.11 Å². The van der Waals surface area contributed by atoms with Crippen LogP contribution in [0.25, 0.3) is 0 Å². The summed E-state index contributed by atoms with van der Waals surface area (Å²) in [6.07, 6.45) is 0. The molecule has 0 amide bonds. The Morgan fingerprint density at radius 2 is 1.83 bits per heavy atom. The van der Waals surface area contributed by atoms with Crippen molar-refractivity contribution in [3.05, 3.63) is 29.8 Å². The molecule has 1 rings (SSSR count). The van der Waals surface area contributed by atoms with Crippen LogP contribution in [0.15, 0.2) is 24.3 Å². The summed E-state index contributed by atoms with van der Waals surface area (Å²) < 4.78 is 5.66. The van der Waals surface area contributed by atoms with Crippen LogP contribution in [0.2, 0.25) is 0 Å². The second kappa shape index (κ2) is 6.73. The maximum Gasteiger partial charge on any atom is 0.119 e. The minimum atomic E-state index is -0.455. The highest BCUT2D eigenvalue weighted by Gasteiger charge is 2.24. The molecule has 0 aliphatic heterocycles. The largest absolute Gasteiger partial charge is 0.492 e. The van der Waals surface area contributed by atoms with E-state index in [0.717, 1.165) is 11.3 Å². The van der Waals surface area contributed by atoms with Gasteiger partial charge in [0, 0.05) is 6.04 Å². The first-order chi connectivity index (χ1) is 8.49. The summed E-state index contributed by atoms with van der Waals surface area (Å²) in [6, 6.07) is 7.56. The highest BCUT2D eigenvalue weighted by atomic mass is 16.5. The molecule has 4 nitrogen and oxygen atoms in total. The molecule has 0 fully saturated rings. The average molecular weight is 253 g/mol. The van der Waals surface area contributed by atoms with E-state index in [1.54, 1.807) is 0 Å². The van der Waals surface area contributed by atoms with E-state index in [4.69, 9.17) is 9.84 Å². The molecule has 0 bridgehead atoms. The summed E-state index contributed by atoms with van der Waals surface area (Å²) in [4.78, 5) is 0. The van der Waals surface area contributed by atoms with Crippen molar-refractivity contribution in [3.63, 3.8) is 0 Å². The van der Waals surface area contributed by atoms with Crippen LogP contribution in [0.3, 0.4) is 0 Å². The van der Waals surface area contributed by atoms with Crippen molar-refractivity contribution in [1.29, 1.82) is 0 Å². The summed E-state index contributed by atoms with van der Waals surface area (Å²) >= 11 is 0. The molecule has 0 aliphatic carbocycles. The van der Waals surface area contributed by atoms with Crippen molar-refractivity contribution in [2.45, 2.75) is 39.0 Å². The van der Waals surface area contributed by atoms with Gasteiger partial charge in [-0.05, 0) is 24.6 Å². The zero-order chi connectivity index (χ0) is 13.6. The normalized spacial score (nSPS) is 14.6. The quantitative estimate of drug-likeness (QED) is 0.685. The minimum absolute atomic E-state index is 0.0138. The fraction of sp³-hybridized carbons (Fsp3) is 0.571. The molecule has 0 heterocycles. The number of aliphatic hydroxyl groups is 2. The summed E-state index contributed by atoms with van der Waals surface area (Å²) in [5.41, 5.74) is 0.400. The standard InChI is InChI=1S/C14H23NO3/c1-11(2)15-14(3,9-17)10-18-13-6-4-12(8-16)5-7-13/h4-7,11,15-17H,8-10H2,1-3H3. The summed E-state index contributed by atoms with van der Waals surface area (Å²) in [7, 11) is 0. The van der Waals surface area contributed by atoms with Crippen LogP contribution < -0.4 is 10.1 Å². The van der Waals surface area contributed by atoms with Crippen LogP contribution in [-0.4, -0.2) is 35.0 Å². The van der Waals surface area contributed by atoms with Gasteiger partial charge in [0.1, 0.15) is 12.4 Å². The molecule has 1 unspecified atom stereocenters. The molecule has 18 heavy (non-hydrogen) atoms. The van der Waals surface area contributed by atoms with Gasteiger partial charge in [0.25, 0.3) is 0 Å². The maximum atomic E-state index is 9.42. The second-order valence-corrected chi connectivity index (χ2v) is 5.11. The van der Waals surface area contributed by atoms with Gasteiger partial charge in [-0.3, -0.25) is 0 Å². The summed E-state index contributed by atoms with van der Waals surface area (Å²) in [6.45, 7) is 6.42. The van der Waals surface area contributed by atoms with E-state index in [-0.39, 0.29) is 19.3 Å². The van der Waals surface area contributed by atoms with Gasteiger partial charge in [0.05, 0.1) is 18.8 Å². The van der Waals surface area contributed by atoms with Crippen molar-refractivity contribution < 1.29 is 14.9 Å². The van der Waals surface area contributed by atoms with Crippen molar-refractivity contribution in [1.82, 2.24) is 5.32 Å². The molecule has 0 saturated heterocycles. The molecule has 0 aromatic heterocycles. The van der Waals surface area contributed by atoms with Crippen LogP contribution in [0.5, 0.6) is 5.75 Å². The van der Waals surface area contributed by atoms with Gasteiger partial charge >= 0.3 is 0 Å². The summed E-state index contributed by atoms with van der Waals surface area (Å²) in [5, 5.41) is 21.6. The Morgan fingerprint density at radius 1 is 1.22 bits per heavy atom. The fourth-order valence-corrected chi connectivity index (χ4v) is 1.76. The van der Waals surface area contributed by atoms with Crippen molar-refractivity contribution in [2.75, 3.05) is 13.2 Å². The lowest BCUT2D eigenvalue weighted by Gasteiger charge is -2.30. The van der Waals surface area contributed by atoms with Crippen LogP contribution in [-0.2, 0) is 6.61 Å². The average Bonchev–Trinajstić information content (AvgIpc) is 2.36. The fourth-order valence-electron chi connectivity index (χ4n) is 1.76. The molecule has 1 aromatic carbocycles. The number of rotatable bonds is 7. The van der Waals surface area contributed by atoms with Gasteiger partial charge in [-0.1, -0.05) is 26.0 Å². The van der Waals surface area contributed by atoms with E-state index in [0.29, 0.717) is 6.61 Å². The van der Waals surface area contributed by atoms with E-state index in [1.165, 1.54) is 0 Å². The minimum Gasteiger partial charge on any atom is -0.492 e. The van der Waals surface area contributed by atoms with E-state index < -0.39 is 5.54 Å². The molecule has 102 valence electrons. The molecule has 3 N–H and O–H groups in total. The Morgan fingerprint density at radius 3 is 2.28 bits per heavy atom. The van der Waals surface area contributed by atoms with Crippen LogP contribution in [0.1, 0.15) is 26.3 Å². The van der Waals surface area contributed by atoms with Gasteiger partial charge in [0.15, 0.2) is 0 Å². The monoisotopic (exact) mass is 253 g/mol. The van der Waals surface area contributed by atoms with Crippen molar-refractivity contribution in [3.8, 4) is 5.75 Å². The Kier molecular flexibility index (Phi) is 5.59. The van der Waals surface area contributed by atoms with Gasteiger partial charge in [-0.25, -0.2) is 0 Å². The van der Waals surface area contributed by atoms with Gasteiger partial charge in [0.2, 0.25) is 0 Å². The van der Waals surface area contributed by atoms with Crippen molar-refractivity contribution in [2.24, 2.45) is 0 Å². The zero-order valence-electron chi connectivity index (χ0n) is 11.3. The third kappa shape index (κ3) is 4.64. The molecule has 1 atom stereocenters. The highest BCUT2D eigenvalue weighted by Crippen LogP contribution is 2.14. The highest BCUT2D eigenvalue weighted by molar-refractivity contribution is 5.26. The predicted molar refractivity (Wildman–Crippen MR) is 71.6 cm³/mol. The van der Waals surface area contributed by atoms with Crippen LogP contribution in [0, 0.1) is 0 Å². The first-order valence-corrected chi connectivity index (χ1v) is 6.20. The van der Waals surface area contributed by atoms with E-state index in [1.807, 2.05) is 45.0 Å². The third-order valence-electron chi connectivity index (χ3n) is 2.65. The molecular weight excluding hydrogens is 230 g/mol. The second-order valence-electron chi connectivity index (χ2n) is 5.11. The smallest absolute Gasteiger partial charge is 0.119 e. The number of ether oxygens (including phenoxy) is 1. The Labute approximate surface area is 109 Å². The lowest BCUT2D eigenvalue weighted by atomic mass is 10.0. The Balaban J connectivity index is 2.56. The van der Waals surface area contributed by atoms with E-state index >= 15 is 0 Å². The Hall–Kier alpha value is -1.10. The maximum absolute atomic E-state index is 9.42. The first kappa shape index (κ1) is 15.0. The molecule has 0 radical (unpaired) electrons. The SMILES string of the molecule is CC(C)NC(C)(CO)COc1ccc(CO)cc1. The zero-order valence-corrected chi connectivity index (χ0v) is 11.3. The topological polar surface area (TPSA) is 61.7 Å². The molecule has 0 saturated carbocycles. The first-order valence-electron chi connectivity index (χ1n) is 6.20. The lowest BCUT2D eigenvalue weighted by molar-refractivity contribution is 0.109. The molecule has 0 spiro atoms.